The lowest BCUT2D eigenvalue weighted by atomic mass is 10.1. The van der Waals surface area contributed by atoms with Crippen LogP contribution < -0.4 is 11.1 Å². The Balaban J connectivity index is 2.60. The van der Waals surface area contributed by atoms with Crippen molar-refractivity contribution in [2.75, 3.05) is 26.2 Å². The van der Waals surface area contributed by atoms with E-state index in [2.05, 4.69) is 5.32 Å². The quantitative estimate of drug-likeness (QED) is 0.544. The largest absolute Gasteiger partial charge is 0.394 e. The normalized spacial score (nSPS) is 20.8. The average molecular weight is 243 g/mol. The number of aliphatic hydroxyl groups excluding tert-OH is 1. The van der Waals surface area contributed by atoms with Gasteiger partial charge in [0.05, 0.1) is 12.6 Å². The number of nitrogens with one attached hydrogen (secondary N) is 1. The minimum absolute atomic E-state index is 0.0874. The molecule has 1 rings (SSSR count). The minimum atomic E-state index is -0.629. The number of aliphatic hydroxyl groups is 1. The average Bonchev–Trinajstić information content (AvgIpc) is 2.59. The molecule has 0 aromatic carbocycles. The van der Waals surface area contributed by atoms with Gasteiger partial charge < -0.3 is 21.1 Å². The van der Waals surface area contributed by atoms with Crippen LogP contribution in [-0.2, 0) is 9.59 Å². The third kappa shape index (κ3) is 3.98. The van der Waals surface area contributed by atoms with Gasteiger partial charge in [-0.2, -0.15) is 0 Å². The predicted octanol–water partition coefficient (Wildman–Crippen LogP) is -1.18. The molecule has 1 aliphatic heterocycles. The van der Waals surface area contributed by atoms with E-state index in [1.54, 1.807) is 0 Å². The standard InChI is InChI=1S/C11H21N3O3/c12-5-6-13-10(16)11(17)14-7-3-1-2-4-9(14)8-15/h9,15H,1-8,12H2,(H,13,16). The van der Waals surface area contributed by atoms with Gasteiger partial charge in [0.1, 0.15) is 0 Å². The number of amides is 2. The van der Waals surface area contributed by atoms with Gasteiger partial charge in [0.2, 0.25) is 0 Å². The highest BCUT2D eigenvalue weighted by Gasteiger charge is 2.28. The predicted molar refractivity (Wildman–Crippen MR) is 63.1 cm³/mol. The van der Waals surface area contributed by atoms with Crippen LogP contribution >= 0.6 is 0 Å². The van der Waals surface area contributed by atoms with Crippen LogP contribution in [0.2, 0.25) is 0 Å². The topological polar surface area (TPSA) is 95.7 Å². The van der Waals surface area contributed by atoms with Crippen molar-refractivity contribution in [2.45, 2.75) is 31.7 Å². The smallest absolute Gasteiger partial charge is 0.312 e. The summed E-state index contributed by atoms with van der Waals surface area (Å²) < 4.78 is 0. The van der Waals surface area contributed by atoms with Crippen molar-refractivity contribution in [2.24, 2.45) is 5.73 Å². The molecule has 0 aromatic rings. The Morgan fingerprint density at radius 3 is 2.76 bits per heavy atom. The highest BCUT2D eigenvalue weighted by atomic mass is 16.3. The molecule has 0 aromatic heterocycles. The van der Waals surface area contributed by atoms with Gasteiger partial charge >= 0.3 is 11.8 Å². The van der Waals surface area contributed by atoms with E-state index in [-0.39, 0.29) is 12.6 Å². The summed E-state index contributed by atoms with van der Waals surface area (Å²) in [6, 6.07) is -0.228. The van der Waals surface area contributed by atoms with E-state index in [1.165, 1.54) is 4.90 Å². The van der Waals surface area contributed by atoms with Gasteiger partial charge in [-0.15, -0.1) is 0 Å². The van der Waals surface area contributed by atoms with Gasteiger partial charge in [-0.1, -0.05) is 12.8 Å². The van der Waals surface area contributed by atoms with Crippen LogP contribution in [0.4, 0.5) is 0 Å². The first-order valence-corrected chi connectivity index (χ1v) is 6.10. The van der Waals surface area contributed by atoms with E-state index >= 15 is 0 Å². The lowest BCUT2D eigenvalue weighted by molar-refractivity contribution is -0.147. The van der Waals surface area contributed by atoms with E-state index in [0.717, 1.165) is 25.7 Å². The molecule has 0 aliphatic carbocycles. The summed E-state index contributed by atoms with van der Waals surface area (Å²) in [6.45, 7) is 1.06. The number of rotatable bonds is 3. The molecule has 1 saturated heterocycles. The zero-order valence-corrected chi connectivity index (χ0v) is 10.0. The second-order valence-corrected chi connectivity index (χ2v) is 4.23. The molecule has 17 heavy (non-hydrogen) atoms. The first-order valence-electron chi connectivity index (χ1n) is 6.10. The van der Waals surface area contributed by atoms with Crippen LogP contribution in [-0.4, -0.2) is 54.1 Å². The number of carbonyl (C=O) groups is 2. The molecule has 1 fully saturated rings. The summed E-state index contributed by atoms with van der Waals surface area (Å²) in [5.41, 5.74) is 5.25. The van der Waals surface area contributed by atoms with Crippen molar-refractivity contribution in [3.8, 4) is 0 Å². The van der Waals surface area contributed by atoms with Crippen molar-refractivity contribution >= 4 is 11.8 Å². The Labute approximate surface area is 101 Å². The second-order valence-electron chi connectivity index (χ2n) is 4.23. The Hall–Kier alpha value is -1.14. The zero-order chi connectivity index (χ0) is 12.7. The maximum Gasteiger partial charge on any atom is 0.312 e. The van der Waals surface area contributed by atoms with E-state index in [4.69, 9.17) is 5.73 Å². The summed E-state index contributed by atoms with van der Waals surface area (Å²) in [7, 11) is 0. The number of carbonyl (C=O) groups excluding carboxylic acids is 2. The highest BCUT2D eigenvalue weighted by molar-refractivity contribution is 6.35. The summed E-state index contributed by atoms with van der Waals surface area (Å²) >= 11 is 0. The molecular formula is C11H21N3O3. The molecular weight excluding hydrogens is 222 g/mol. The lowest BCUT2D eigenvalue weighted by Crippen LogP contribution is -2.49. The molecule has 0 radical (unpaired) electrons. The van der Waals surface area contributed by atoms with Crippen LogP contribution in [0.25, 0.3) is 0 Å². The van der Waals surface area contributed by atoms with Gasteiger partial charge in [-0.05, 0) is 12.8 Å². The van der Waals surface area contributed by atoms with Crippen molar-refractivity contribution in [3.63, 3.8) is 0 Å². The molecule has 6 heteroatoms. The fourth-order valence-corrected chi connectivity index (χ4v) is 2.03. The molecule has 0 spiro atoms. The third-order valence-corrected chi connectivity index (χ3v) is 2.97. The first-order chi connectivity index (χ1) is 8.20. The summed E-state index contributed by atoms with van der Waals surface area (Å²) in [5.74, 6) is -1.18. The summed E-state index contributed by atoms with van der Waals surface area (Å²) in [6.07, 6.45) is 3.66. The number of likely N-dealkylation sites (tertiary alicyclic amines) is 1. The molecule has 6 nitrogen and oxygen atoms in total. The van der Waals surface area contributed by atoms with Crippen molar-refractivity contribution < 1.29 is 14.7 Å². The Kier molecular flexibility index (Phi) is 5.93. The van der Waals surface area contributed by atoms with Gasteiger partial charge in [0.25, 0.3) is 0 Å². The van der Waals surface area contributed by atoms with E-state index in [9.17, 15) is 14.7 Å². The molecule has 0 bridgehead atoms. The molecule has 1 aliphatic rings. The van der Waals surface area contributed by atoms with Crippen LogP contribution in [0.1, 0.15) is 25.7 Å². The monoisotopic (exact) mass is 243 g/mol. The van der Waals surface area contributed by atoms with Crippen LogP contribution in [0.15, 0.2) is 0 Å². The number of hydrogen-bond acceptors (Lipinski definition) is 4. The molecule has 2 amide bonds. The number of nitrogens with zero attached hydrogens (tertiary/aromatic N) is 1. The van der Waals surface area contributed by atoms with Gasteiger partial charge in [0.15, 0.2) is 0 Å². The van der Waals surface area contributed by atoms with E-state index in [1.807, 2.05) is 0 Å². The Morgan fingerprint density at radius 2 is 2.12 bits per heavy atom. The van der Waals surface area contributed by atoms with Crippen molar-refractivity contribution in [1.82, 2.24) is 10.2 Å². The maximum atomic E-state index is 11.9. The third-order valence-electron chi connectivity index (χ3n) is 2.97. The van der Waals surface area contributed by atoms with Crippen molar-refractivity contribution in [1.29, 1.82) is 0 Å². The van der Waals surface area contributed by atoms with E-state index in [0.29, 0.717) is 19.6 Å². The fraction of sp³-hybridized carbons (Fsp3) is 0.818. The lowest BCUT2D eigenvalue weighted by Gasteiger charge is -2.27. The molecule has 4 N–H and O–H groups in total. The molecule has 1 atom stereocenters. The Morgan fingerprint density at radius 1 is 1.35 bits per heavy atom. The van der Waals surface area contributed by atoms with Gasteiger partial charge in [-0.25, -0.2) is 0 Å². The molecule has 98 valence electrons. The van der Waals surface area contributed by atoms with Gasteiger partial charge in [-0.3, -0.25) is 9.59 Å². The molecule has 1 unspecified atom stereocenters. The Bertz CT molecular complexity index is 271. The number of hydrogen-bond donors (Lipinski definition) is 3. The SMILES string of the molecule is NCCNC(=O)C(=O)N1CCCCCC1CO. The van der Waals surface area contributed by atoms with E-state index < -0.39 is 11.8 Å². The van der Waals surface area contributed by atoms with Crippen LogP contribution in [0.5, 0.6) is 0 Å². The summed E-state index contributed by atoms with van der Waals surface area (Å²) in [4.78, 5) is 24.9. The van der Waals surface area contributed by atoms with Crippen LogP contribution in [0, 0.1) is 0 Å². The molecule has 1 heterocycles. The zero-order valence-electron chi connectivity index (χ0n) is 10.0. The minimum Gasteiger partial charge on any atom is -0.394 e. The first kappa shape index (κ1) is 13.9. The van der Waals surface area contributed by atoms with Crippen molar-refractivity contribution in [3.05, 3.63) is 0 Å². The fourth-order valence-electron chi connectivity index (χ4n) is 2.03. The van der Waals surface area contributed by atoms with Gasteiger partial charge in [0, 0.05) is 19.6 Å². The maximum absolute atomic E-state index is 11.9. The number of nitrogens with two attached hydrogens (primary N) is 1. The second kappa shape index (κ2) is 7.24. The molecule has 0 saturated carbocycles. The summed E-state index contributed by atoms with van der Waals surface area (Å²) in [5, 5.41) is 11.7. The van der Waals surface area contributed by atoms with Crippen LogP contribution in [0.3, 0.4) is 0 Å². The highest BCUT2D eigenvalue weighted by Crippen LogP contribution is 2.16.